The molecule has 0 spiro atoms. The van der Waals surface area contributed by atoms with Gasteiger partial charge in [0.25, 0.3) is 0 Å². The van der Waals surface area contributed by atoms with Gasteiger partial charge in [0.15, 0.2) is 0 Å². The van der Waals surface area contributed by atoms with E-state index in [9.17, 15) is 4.39 Å². The van der Waals surface area contributed by atoms with Crippen molar-refractivity contribution < 1.29 is 14.4 Å². The van der Waals surface area contributed by atoms with Gasteiger partial charge >= 0.3 is 7.12 Å². The zero-order valence-electron chi connectivity index (χ0n) is 12.8. The number of hydrogen-bond donors (Lipinski definition) is 2. The molecular formula is C17H26BFO2. The van der Waals surface area contributed by atoms with E-state index in [1.165, 1.54) is 12.8 Å². The Bertz CT molecular complexity index is 421. The number of benzene rings is 1. The third-order valence-electron chi connectivity index (χ3n) is 4.79. The van der Waals surface area contributed by atoms with E-state index in [0.29, 0.717) is 11.9 Å². The van der Waals surface area contributed by atoms with Crippen LogP contribution in [-0.4, -0.2) is 23.3 Å². The van der Waals surface area contributed by atoms with Crippen LogP contribution in [0.2, 0.25) is 0 Å². The Kier molecular flexibility index (Phi) is 6.25. The van der Waals surface area contributed by atoms with Crippen LogP contribution in [0.15, 0.2) is 24.3 Å². The summed E-state index contributed by atoms with van der Waals surface area (Å²) in [5, 5.41) is 18.2. The summed E-state index contributed by atoms with van der Waals surface area (Å²) < 4.78 is 14.3. The molecule has 2 rings (SSSR count). The zero-order chi connectivity index (χ0) is 15.2. The lowest BCUT2D eigenvalue weighted by Crippen LogP contribution is -2.30. The van der Waals surface area contributed by atoms with E-state index in [1.54, 1.807) is 12.1 Å². The minimum absolute atomic E-state index is 0.242. The highest BCUT2D eigenvalue weighted by atomic mass is 19.1. The summed E-state index contributed by atoms with van der Waals surface area (Å²) in [5.41, 5.74) is 1.61. The molecule has 2 nitrogen and oxygen atoms in total. The minimum Gasteiger partial charge on any atom is -0.423 e. The third kappa shape index (κ3) is 4.55. The topological polar surface area (TPSA) is 40.5 Å². The molecule has 116 valence electrons. The fraction of sp³-hybridized carbons (Fsp3) is 0.647. The summed E-state index contributed by atoms with van der Waals surface area (Å²) >= 11 is 0. The van der Waals surface area contributed by atoms with Crippen molar-refractivity contribution in [1.29, 1.82) is 0 Å². The Hall–Kier alpha value is -0.865. The molecule has 0 saturated heterocycles. The Morgan fingerprint density at radius 3 is 2.43 bits per heavy atom. The Balaban J connectivity index is 1.89. The summed E-state index contributed by atoms with van der Waals surface area (Å²) in [7, 11) is -1.43. The number of hydrogen-bond acceptors (Lipinski definition) is 2. The lowest BCUT2D eigenvalue weighted by Gasteiger charge is -2.32. The molecule has 2 N–H and O–H groups in total. The summed E-state index contributed by atoms with van der Waals surface area (Å²) in [5.74, 6) is 0.513. The standard InChI is InChI=1S/C17H26BFO2/c1-2-3-4-5-14-6-7-15(12-17(14)19)13-8-10-16(11-9-13)18(20)21/h8-11,14-15,17,20-21H,2-7,12H2,1H3/t14-,15-,17-/m0/s1. The predicted molar refractivity (Wildman–Crippen MR) is 85.4 cm³/mol. The molecule has 0 radical (unpaired) electrons. The molecule has 1 fully saturated rings. The van der Waals surface area contributed by atoms with Gasteiger partial charge in [-0.25, -0.2) is 4.39 Å². The molecule has 0 amide bonds. The Morgan fingerprint density at radius 2 is 1.86 bits per heavy atom. The Labute approximate surface area is 127 Å². The number of alkyl halides is 1. The highest BCUT2D eigenvalue weighted by molar-refractivity contribution is 6.58. The number of halogens is 1. The normalized spacial score (nSPS) is 25.8. The molecule has 1 saturated carbocycles. The quantitative estimate of drug-likeness (QED) is 0.624. The first-order valence-electron chi connectivity index (χ1n) is 8.22. The van der Waals surface area contributed by atoms with Crippen LogP contribution in [0.5, 0.6) is 0 Å². The van der Waals surface area contributed by atoms with Gasteiger partial charge in [-0.05, 0) is 48.5 Å². The van der Waals surface area contributed by atoms with Crippen molar-refractivity contribution in [2.24, 2.45) is 5.92 Å². The minimum atomic E-state index is -1.43. The van der Waals surface area contributed by atoms with Crippen molar-refractivity contribution in [3.8, 4) is 0 Å². The highest BCUT2D eigenvalue weighted by Crippen LogP contribution is 2.39. The zero-order valence-corrected chi connectivity index (χ0v) is 12.8. The molecule has 0 bridgehead atoms. The molecule has 0 heterocycles. The van der Waals surface area contributed by atoms with Gasteiger partial charge < -0.3 is 10.0 Å². The van der Waals surface area contributed by atoms with Gasteiger partial charge in [-0.3, -0.25) is 0 Å². The van der Waals surface area contributed by atoms with Gasteiger partial charge in [-0.15, -0.1) is 0 Å². The molecule has 1 aromatic carbocycles. The van der Waals surface area contributed by atoms with E-state index < -0.39 is 13.3 Å². The van der Waals surface area contributed by atoms with Crippen molar-refractivity contribution >= 4 is 12.6 Å². The van der Waals surface area contributed by atoms with Crippen molar-refractivity contribution in [2.45, 2.75) is 64.0 Å². The molecule has 4 heteroatoms. The van der Waals surface area contributed by atoms with Crippen LogP contribution >= 0.6 is 0 Å². The van der Waals surface area contributed by atoms with E-state index in [-0.39, 0.29) is 11.8 Å². The first kappa shape index (κ1) is 16.5. The van der Waals surface area contributed by atoms with Crippen LogP contribution < -0.4 is 5.46 Å². The van der Waals surface area contributed by atoms with Gasteiger partial charge in [0.2, 0.25) is 0 Å². The van der Waals surface area contributed by atoms with Gasteiger partial charge in [0.05, 0.1) is 0 Å². The smallest absolute Gasteiger partial charge is 0.423 e. The second-order valence-corrected chi connectivity index (χ2v) is 6.32. The van der Waals surface area contributed by atoms with Crippen LogP contribution in [0.3, 0.4) is 0 Å². The molecule has 21 heavy (non-hydrogen) atoms. The first-order valence-corrected chi connectivity index (χ1v) is 8.22. The van der Waals surface area contributed by atoms with E-state index in [1.807, 2.05) is 12.1 Å². The van der Waals surface area contributed by atoms with Gasteiger partial charge in [-0.1, -0.05) is 50.5 Å². The van der Waals surface area contributed by atoms with Crippen molar-refractivity contribution in [1.82, 2.24) is 0 Å². The largest absolute Gasteiger partial charge is 0.488 e. The summed E-state index contributed by atoms with van der Waals surface area (Å²) in [6.45, 7) is 2.18. The molecule has 3 atom stereocenters. The number of unbranched alkanes of at least 4 members (excludes halogenated alkanes) is 2. The van der Waals surface area contributed by atoms with Gasteiger partial charge in [-0.2, -0.15) is 0 Å². The van der Waals surface area contributed by atoms with E-state index >= 15 is 0 Å². The monoisotopic (exact) mass is 292 g/mol. The summed E-state index contributed by atoms with van der Waals surface area (Å²) in [6, 6.07) is 7.26. The SMILES string of the molecule is CCCCC[C@H]1CC[C@H](c2ccc(B(O)O)cc2)C[C@@H]1F. The van der Waals surface area contributed by atoms with Crippen LogP contribution in [0.1, 0.15) is 63.4 Å². The summed E-state index contributed by atoms with van der Waals surface area (Å²) in [4.78, 5) is 0. The molecule has 1 aliphatic rings. The third-order valence-corrected chi connectivity index (χ3v) is 4.79. The van der Waals surface area contributed by atoms with E-state index in [0.717, 1.165) is 31.2 Å². The highest BCUT2D eigenvalue weighted by Gasteiger charge is 2.30. The van der Waals surface area contributed by atoms with Crippen LogP contribution in [0, 0.1) is 5.92 Å². The maximum Gasteiger partial charge on any atom is 0.488 e. The van der Waals surface area contributed by atoms with E-state index in [4.69, 9.17) is 10.0 Å². The second-order valence-electron chi connectivity index (χ2n) is 6.32. The van der Waals surface area contributed by atoms with Crippen molar-refractivity contribution in [3.05, 3.63) is 29.8 Å². The van der Waals surface area contributed by atoms with Gasteiger partial charge in [0, 0.05) is 0 Å². The maximum atomic E-state index is 14.3. The fourth-order valence-electron chi connectivity index (χ4n) is 3.40. The molecule has 1 aliphatic carbocycles. The van der Waals surface area contributed by atoms with Crippen LogP contribution in [0.25, 0.3) is 0 Å². The maximum absolute atomic E-state index is 14.3. The lowest BCUT2D eigenvalue weighted by atomic mass is 9.74. The average molecular weight is 292 g/mol. The van der Waals surface area contributed by atoms with Crippen molar-refractivity contribution in [3.63, 3.8) is 0 Å². The van der Waals surface area contributed by atoms with E-state index in [2.05, 4.69) is 6.92 Å². The molecule has 0 aliphatic heterocycles. The molecular weight excluding hydrogens is 266 g/mol. The predicted octanol–water partition coefficient (Wildman–Crippen LogP) is 3.17. The van der Waals surface area contributed by atoms with Crippen LogP contribution in [-0.2, 0) is 0 Å². The van der Waals surface area contributed by atoms with Crippen LogP contribution in [0.4, 0.5) is 4.39 Å². The van der Waals surface area contributed by atoms with Gasteiger partial charge in [0.1, 0.15) is 6.17 Å². The second kappa shape index (κ2) is 7.95. The lowest BCUT2D eigenvalue weighted by molar-refractivity contribution is 0.141. The first-order chi connectivity index (χ1) is 10.1. The molecule has 0 aromatic heterocycles. The number of rotatable bonds is 6. The Morgan fingerprint density at radius 1 is 1.14 bits per heavy atom. The molecule has 0 unspecified atom stereocenters. The van der Waals surface area contributed by atoms with Crippen molar-refractivity contribution in [2.75, 3.05) is 0 Å². The fourth-order valence-corrected chi connectivity index (χ4v) is 3.40. The average Bonchev–Trinajstić information content (AvgIpc) is 2.49. The summed E-state index contributed by atoms with van der Waals surface area (Å²) in [6.07, 6.45) is 6.50. The molecule has 1 aromatic rings.